The number of fused-ring (bicyclic) bond motifs is 1. The fraction of sp³-hybridized carbons (Fsp3) is 0.650. The van der Waals surface area contributed by atoms with E-state index >= 15 is 0 Å². The lowest BCUT2D eigenvalue weighted by Gasteiger charge is -2.53. The molecule has 0 spiro atoms. The predicted octanol–water partition coefficient (Wildman–Crippen LogP) is 4.54. The van der Waals surface area contributed by atoms with Crippen LogP contribution in [0.2, 0.25) is 0 Å². The Morgan fingerprint density at radius 1 is 1.17 bits per heavy atom. The van der Waals surface area contributed by atoms with E-state index in [2.05, 4.69) is 44.7 Å². The number of carbonyl (C=O) groups excluding carboxylic acids is 1. The molecule has 3 rings (SSSR count). The van der Waals surface area contributed by atoms with Gasteiger partial charge in [0.2, 0.25) is 5.91 Å². The van der Waals surface area contributed by atoms with Gasteiger partial charge in [0.25, 0.3) is 0 Å². The van der Waals surface area contributed by atoms with Gasteiger partial charge in [-0.1, -0.05) is 51.1 Å². The Morgan fingerprint density at radius 2 is 1.83 bits per heavy atom. The van der Waals surface area contributed by atoms with Crippen molar-refractivity contribution in [2.24, 2.45) is 11.3 Å². The van der Waals surface area contributed by atoms with E-state index in [1.54, 1.807) is 0 Å². The van der Waals surface area contributed by atoms with Crippen LogP contribution in [0.15, 0.2) is 30.3 Å². The van der Waals surface area contributed by atoms with Crippen LogP contribution in [0.3, 0.4) is 0 Å². The lowest BCUT2D eigenvalue weighted by molar-refractivity contribution is -0.191. The second-order valence-corrected chi connectivity index (χ2v) is 7.26. The Labute approximate surface area is 140 Å². The molecule has 0 saturated carbocycles. The summed E-state index contributed by atoms with van der Waals surface area (Å²) in [6.45, 7) is 9.26. The normalized spacial score (nSPS) is 32.9. The highest BCUT2D eigenvalue weighted by atomic mass is 16.5. The average molecular weight is 315 g/mol. The van der Waals surface area contributed by atoms with Gasteiger partial charge in [0.05, 0.1) is 12.6 Å². The van der Waals surface area contributed by atoms with E-state index in [4.69, 9.17) is 4.74 Å². The van der Waals surface area contributed by atoms with Crippen molar-refractivity contribution >= 4 is 5.91 Å². The SMILES string of the molecule is CC[C@@H]1CC(CC)(CC)C(=O)N2[C@H](c3ccccc3)CO[C@@]12C. The number of hydrogen-bond donors (Lipinski definition) is 0. The molecule has 2 heterocycles. The maximum Gasteiger partial charge on any atom is 0.231 e. The Hall–Kier alpha value is -1.35. The van der Waals surface area contributed by atoms with Crippen LogP contribution < -0.4 is 0 Å². The molecule has 2 fully saturated rings. The Morgan fingerprint density at radius 3 is 2.39 bits per heavy atom. The summed E-state index contributed by atoms with van der Waals surface area (Å²) < 4.78 is 6.27. The van der Waals surface area contributed by atoms with Crippen molar-refractivity contribution in [1.29, 1.82) is 0 Å². The summed E-state index contributed by atoms with van der Waals surface area (Å²) in [4.78, 5) is 15.6. The lowest BCUT2D eigenvalue weighted by atomic mass is 9.66. The minimum absolute atomic E-state index is 0.0422. The maximum absolute atomic E-state index is 13.5. The zero-order valence-corrected chi connectivity index (χ0v) is 14.8. The summed E-state index contributed by atoms with van der Waals surface area (Å²) in [5, 5.41) is 0. The van der Waals surface area contributed by atoms with Crippen molar-refractivity contribution in [1.82, 2.24) is 4.90 Å². The average Bonchev–Trinajstić information content (AvgIpc) is 2.95. The highest BCUT2D eigenvalue weighted by Gasteiger charge is 2.60. The quantitative estimate of drug-likeness (QED) is 0.816. The summed E-state index contributed by atoms with van der Waals surface area (Å²) in [6.07, 6.45) is 3.81. The molecule has 1 aromatic rings. The zero-order valence-electron chi connectivity index (χ0n) is 14.8. The van der Waals surface area contributed by atoms with E-state index in [0.29, 0.717) is 18.4 Å². The van der Waals surface area contributed by atoms with Crippen LogP contribution in [0.4, 0.5) is 0 Å². The Kier molecular flexibility index (Phi) is 4.26. The van der Waals surface area contributed by atoms with Gasteiger partial charge in [-0.25, -0.2) is 0 Å². The summed E-state index contributed by atoms with van der Waals surface area (Å²) >= 11 is 0. The fourth-order valence-electron chi connectivity index (χ4n) is 4.65. The first-order valence-electron chi connectivity index (χ1n) is 9.05. The number of amides is 1. The minimum Gasteiger partial charge on any atom is -0.353 e. The van der Waals surface area contributed by atoms with Gasteiger partial charge >= 0.3 is 0 Å². The first kappa shape index (κ1) is 16.5. The summed E-state index contributed by atoms with van der Waals surface area (Å²) in [6, 6.07) is 10.4. The van der Waals surface area contributed by atoms with Crippen LogP contribution in [0, 0.1) is 11.3 Å². The standard InChI is InChI=1S/C20H29NO2/c1-5-16-13-20(6-2,7-3)18(22)21-17(14-23-19(16,21)4)15-11-9-8-10-12-15/h8-12,16-17H,5-7,13-14H2,1-4H3/t16-,17+,19+/m1/s1. The van der Waals surface area contributed by atoms with Crippen LogP contribution in [-0.4, -0.2) is 23.1 Å². The number of piperidine rings is 1. The van der Waals surface area contributed by atoms with Gasteiger partial charge in [-0.3, -0.25) is 4.79 Å². The molecule has 0 aliphatic carbocycles. The van der Waals surface area contributed by atoms with Gasteiger partial charge in [-0.05, 0) is 38.2 Å². The lowest BCUT2D eigenvalue weighted by Crippen LogP contribution is -2.62. The third kappa shape index (κ3) is 2.32. The molecule has 0 N–H and O–H groups in total. The number of benzene rings is 1. The molecule has 2 saturated heterocycles. The molecule has 126 valence electrons. The number of nitrogens with zero attached hydrogens (tertiary/aromatic N) is 1. The molecule has 3 nitrogen and oxygen atoms in total. The van der Waals surface area contributed by atoms with E-state index in [1.165, 1.54) is 5.56 Å². The highest BCUT2D eigenvalue weighted by Crippen LogP contribution is 2.54. The predicted molar refractivity (Wildman–Crippen MR) is 91.8 cm³/mol. The van der Waals surface area contributed by atoms with Gasteiger partial charge in [0.1, 0.15) is 5.72 Å². The van der Waals surface area contributed by atoms with E-state index in [0.717, 1.165) is 25.7 Å². The molecule has 1 amide bonds. The van der Waals surface area contributed by atoms with Gasteiger partial charge in [-0.2, -0.15) is 0 Å². The number of ether oxygens (including phenoxy) is 1. The van der Waals surface area contributed by atoms with Crippen molar-refractivity contribution < 1.29 is 9.53 Å². The topological polar surface area (TPSA) is 29.5 Å². The Balaban J connectivity index is 2.06. The van der Waals surface area contributed by atoms with E-state index in [-0.39, 0.29) is 11.5 Å². The third-order valence-electron chi connectivity index (χ3n) is 6.42. The van der Waals surface area contributed by atoms with Crippen LogP contribution in [0.25, 0.3) is 0 Å². The second kappa shape index (κ2) is 5.94. The molecular formula is C20H29NO2. The van der Waals surface area contributed by atoms with Crippen molar-refractivity contribution in [3.8, 4) is 0 Å². The molecule has 3 heteroatoms. The first-order valence-corrected chi connectivity index (χ1v) is 9.05. The van der Waals surface area contributed by atoms with Gasteiger partial charge in [0.15, 0.2) is 0 Å². The zero-order chi connectivity index (χ0) is 16.7. The van der Waals surface area contributed by atoms with Gasteiger partial charge in [-0.15, -0.1) is 0 Å². The smallest absolute Gasteiger partial charge is 0.231 e. The fourth-order valence-corrected chi connectivity index (χ4v) is 4.65. The van der Waals surface area contributed by atoms with Crippen molar-refractivity contribution in [3.05, 3.63) is 35.9 Å². The molecule has 23 heavy (non-hydrogen) atoms. The second-order valence-electron chi connectivity index (χ2n) is 7.26. The van der Waals surface area contributed by atoms with Crippen LogP contribution in [0.5, 0.6) is 0 Å². The highest BCUT2D eigenvalue weighted by molar-refractivity contribution is 5.85. The molecule has 1 aromatic carbocycles. The van der Waals surface area contributed by atoms with Crippen molar-refractivity contribution in [3.63, 3.8) is 0 Å². The summed E-state index contributed by atoms with van der Waals surface area (Å²) in [7, 11) is 0. The van der Waals surface area contributed by atoms with Gasteiger partial charge in [0, 0.05) is 11.3 Å². The monoisotopic (exact) mass is 315 g/mol. The number of rotatable bonds is 4. The minimum atomic E-state index is -0.458. The maximum atomic E-state index is 13.5. The molecule has 0 aromatic heterocycles. The molecular weight excluding hydrogens is 286 g/mol. The van der Waals surface area contributed by atoms with Crippen molar-refractivity contribution in [2.45, 2.75) is 65.1 Å². The molecule has 2 aliphatic rings. The van der Waals surface area contributed by atoms with Crippen LogP contribution in [-0.2, 0) is 9.53 Å². The molecule has 0 radical (unpaired) electrons. The van der Waals surface area contributed by atoms with Crippen molar-refractivity contribution in [2.75, 3.05) is 6.61 Å². The number of carbonyl (C=O) groups is 1. The van der Waals surface area contributed by atoms with Gasteiger partial charge < -0.3 is 9.64 Å². The van der Waals surface area contributed by atoms with Crippen LogP contribution in [0.1, 0.15) is 65.0 Å². The van der Waals surface area contributed by atoms with E-state index in [9.17, 15) is 4.79 Å². The first-order chi connectivity index (χ1) is 11.0. The molecule has 0 bridgehead atoms. The largest absolute Gasteiger partial charge is 0.353 e. The third-order valence-corrected chi connectivity index (χ3v) is 6.42. The summed E-state index contributed by atoms with van der Waals surface area (Å²) in [5.74, 6) is 0.690. The van der Waals surface area contributed by atoms with Crippen LogP contribution >= 0.6 is 0 Å². The molecule has 0 unspecified atom stereocenters. The molecule has 2 aliphatic heterocycles. The summed E-state index contributed by atoms with van der Waals surface area (Å²) in [5.41, 5.74) is 0.503. The number of hydrogen-bond acceptors (Lipinski definition) is 2. The van der Waals surface area contributed by atoms with E-state index < -0.39 is 5.72 Å². The Bertz CT molecular complexity index is 566. The molecule has 3 atom stereocenters. The van der Waals surface area contributed by atoms with E-state index in [1.807, 2.05) is 18.2 Å².